The number of anilines is 1. The van der Waals surface area contributed by atoms with Crippen LogP contribution >= 0.6 is 0 Å². The fourth-order valence-corrected chi connectivity index (χ4v) is 2.32. The normalized spacial score (nSPS) is 14.0. The number of benzene rings is 1. The Balaban J connectivity index is 1.85. The van der Waals surface area contributed by atoms with Gasteiger partial charge in [0.05, 0.1) is 12.2 Å². The molecule has 0 spiro atoms. The summed E-state index contributed by atoms with van der Waals surface area (Å²) >= 11 is 0. The van der Waals surface area contributed by atoms with E-state index < -0.39 is 0 Å². The topological polar surface area (TPSA) is 72.1 Å². The third kappa shape index (κ3) is 2.14. The number of rotatable bonds is 1. The third-order valence-electron chi connectivity index (χ3n) is 3.35. The van der Waals surface area contributed by atoms with E-state index in [1.807, 2.05) is 30.3 Å². The van der Waals surface area contributed by atoms with Crippen molar-refractivity contribution in [2.45, 2.75) is 13.0 Å². The van der Waals surface area contributed by atoms with Gasteiger partial charge in [0.2, 0.25) is 0 Å². The van der Waals surface area contributed by atoms with Gasteiger partial charge in [-0.3, -0.25) is 4.79 Å². The van der Waals surface area contributed by atoms with Crippen molar-refractivity contribution in [1.29, 1.82) is 0 Å². The summed E-state index contributed by atoms with van der Waals surface area (Å²) in [5, 5.41) is 0. The fourth-order valence-electron chi connectivity index (χ4n) is 2.32. The van der Waals surface area contributed by atoms with Gasteiger partial charge in [-0.05, 0) is 18.6 Å². The lowest BCUT2D eigenvalue weighted by atomic mass is 10.0. The molecule has 19 heavy (non-hydrogen) atoms. The Hall–Kier alpha value is -2.43. The van der Waals surface area contributed by atoms with Gasteiger partial charge in [0.25, 0.3) is 5.91 Å². The van der Waals surface area contributed by atoms with E-state index in [-0.39, 0.29) is 5.91 Å². The zero-order valence-electron chi connectivity index (χ0n) is 10.4. The van der Waals surface area contributed by atoms with Crippen LogP contribution in [-0.2, 0) is 13.0 Å². The minimum atomic E-state index is 0.0310. The van der Waals surface area contributed by atoms with Gasteiger partial charge >= 0.3 is 0 Å². The highest BCUT2D eigenvalue weighted by atomic mass is 16.2. The maximum Gasteiger partial charge on any atom is 0.254 e. The molecule has 0 radical (unpaired) electrons. The Morgan fingerprint density at radius 2 is 2.00 bits per heavy atom. The van der Waals surface area contributed by atoms with Crippen molar-refractivity contribution in [3.05, 3.63) is 53.5 Å². The maximum absolute atomic E-state index is 12.3. The van der Waals surface area contributed by atoms with Gasteiger partial charge < -0.3 is 10.6 Å². The number of amides is 1. The van der Waals surface area contributed by atoms with Crippen LogP contribution < -0.4 is 5.73 Å². The lowest BCUT2D eigenvalue weighted by molar-refractivity contribution is 0.0732. The molecular formula is C14H14N4O. The number of nitrogens with two attached hydrogens (primary N) is 1. The van der Waals surface area contributed by atoms with Crippen LogP contribution in [0, 0.1) is 0 Å². The van der Waals surface area contributed by atoms with Gasteiger partial charge in [-0.25, -0.2) is 9.97 Å². The molecule has 5 nitrogen and oxygen atoms in total. The smallest absolute Gasteiger partial charge is 0.254 e. The van der Waals surface area contributed by atoms with E-state index in [0.717, 1.165) is 11.3 Å². The highest BCUT2D eigenvalue weighted by Gasteiger charge is 2.24. The Morgan fingerprint density at radius 1 is 1.21 bits per heavy atom. The first-order valence-electron chi connectivity index (χ1n) is 6.18. The molecule has 0 atom stereocenters. The number of carbonyl (C=O) groups is 1. The molecule has 1 aromatic carbocycles. The van der Waals surface area contributed by atoms with Crippen molar-refractivity contribution in [2.75, 3.05) is 12.3 Å². The Bertz CT molecular complexity index is 612. The molecule has 0 bridgehead atoms. The number of hydrogen-bond acceptors (Lipinski definition) is 4. The van der Waals surface area contributed by atoms with Gasteiger partial charge in [0.1, 0.15) is 12.1 Å². The molecule has 5 heteroatoms. The minimum Gasteiger partial charge on any atom is -0.383 e. The Kier molecular flexibility index (Phi) is 2.87. The molecule has 1 aliphatic heterocycles. The number of aromatic nitrogens is 2. The molecule has 1 aromatic heterocycles. The number of nitrogens with zero attached hydrogens (tertiary/aromatic N) is 3. The molecule has 2 heterocycles. The van der Waals surface area contributed by atoms with Crippen molar-refractivity contribution in [3.8, 4) is 0 Å². The first-order chi connectivity index (χ1) is 9.25. The summed E-state index contributed by atoms with van der Waals surface area (Å²) in [7, 11) is 0. The van der Waals surface area contributed by atoms with Crippen LogP contribution in [0.5, 0.6) is 0 Å². The zero-order valence-corrected chi connectivity index (χ0v) is 10.4. The van der Waals surface area contributed by atoms with Crippen molar-refractivity contribution in [2.24, 2.45) is 0 Å². The fraction of sp³-hybridized carbons (Fsp3) is 0.214. The van der Waals surface area contributed by atoms with E-state index in [1.54, 1.807) is 4.90 Å². The molecule has 1 amide bonds. The predicted octanol–water partition coefficient (Wildman–Crippen LogP) is 1.26. The van der Waals surface area contributed by atoms with Crippen LogP contribution in [0.4, 0.5) is 5.82 Å². The quantitative estimate of drug-likeness (QED) is 0.831. The minimum absolute atomic E-state index is 0.0310. The molecule has 3 rings (SSSR count). The maximum atomic E-state index is 12.3. The van der Waals surface area contributed by atoms with Gasteiger partial charge in [-0.1, -0.05) is 18.2 Å². The molecule has 2 aromatic rings. The molecule has 0 aliphatic carbocycles. The SMILES string of the molecule is Nc1ncnc2c1CCN(C(=O)c1ccccc1)C2. The average molecular weight is 254 g/mol. The van der Waals surface area contributed by atoms with Crippen LogP contribution in [0.2, 0.25) is 0 Å². The molecule has 0 fully saturated rings. The van der Waals surface area contributed by atoms with Crippen LogP contribution in [0.15, 0.2) is 36.7 Å². The molecule has 0 saturated carbocycles. The van der Waals surface area contributed by atoms with Crippen LogP contribution in [0.3, 0.4) is 0 Å². The monoisotopic (exact) mass is 254 g/mol. The second-order valence-corrected chi connectivity index (χ2v) is 4.53. The van der Waals surface area contributed by atoms with E-state index >= 15 is 0 Å². The summed E-state index contributed by atoms with van der Waals surface area (Å²) in [5.74, 6) is 0.556. The molecule has 0 unspecified atom stereocenters. The second-order valence-electron chi connectivity index (χ2n) is 4.53. The average Bonchev–Trinajstić information content (AvgIpc) is 2.47. The van der Waals surface area contributed by atoms with Crippen LogP contribution in [0.25, 0.3) is 0 Å². The van der Waals surface area contributed by atoms with Crippen molar-refractivity contribution in [3.63, 3.8) is 0 Å². The van der Waals surface area contributed by atoms with E-state index in [4.69, 9.17) is 5.73 Å². The largest absolute Gasteiger partial charge is 0.383 e. The van der Waals surface area contributed by atoms with E-state index in [2.05, 4.69) is 9.97 Å². The van der Waals surface area contributed by atoms with Crippen molar-refractivity contribution < 1.29 is 4.79 Å². The highest BCUT2D eigenvalue weighted by Crippen LogP contribution is 2.21. The van der Waals surface area contributed by atoms with Crippen molar-refractivity contribution >= 4 is 11.7 Å². The number of nitrogen functional groups attached to an aromatic ring is 1. The summed E-state index contributed by atoms with van der Waals surface area (Å²) in [4.78, 5) is 22.3. The molecule has 0 saturated heterocycles. The van der Waals surface area contributed by atoms with Crippen LogP contribution in [-0.4, -0.2) is 27.3 Å². The van der Waals surface area contributed by atoms with Gasteiger partial charge in [0.15, 0.2) is 0 Å². The summed E-state index contributed by atoms with van der Waals surface area (Å²) in [6.07, 6.45) is 2.16. The van der Waals surface area contributed by atoms with Gasteiger partial charge in [-0.2, -0.15) is 0 Å². The lowest BCUT2D eigenvalue weighted by Gasteiger charge is -2.28. The van der Waals surface area contributed by atoms with Crippen LogP contribution in [0.1, 0.15) is 21.6 Å². The molecule has 1 aliphatic rings. The number of fused-ring (bicyclic) bond motifs is 1. The second kappa shape index (κ2) is 4.68. The van der Waals surface area contributed by atoms with E-state index in [1.165, 1.54) is 6.33 Å². The number of hydrogen-bond donors (Lipinski definition) is 1. The third-order valence-corrected chi connectivity index (χ3v) is 3.35. The molecular weight excluding hydrogens is 240 g/mol. The highest BCUT2D eigenvalue weighted by molar-refractivity contribution is 5.94. The van der Waals surface area contributed by atoms with Gasteiger partial charge in [-0.15, -0.1) is 0 Å². The predicted molar refractivity (Wildman–Crippen MR) is 71.3 cm³/mol. The molecule has 2 N–H and O–H groups in total. The summed E-state index contributed by atoms with van der Waals surface area (Å²) in [5.41, 5.74) is 8.34. The Labute approximate surface area is 111 Å². The van der Waals surface area contributed by atoms with Gasteiger partial charge in [0, 0.05) is 17.7 Å². The van der Waals surface area contributed by atoms with E-state index in [9.17, 15) is 4.79 Å². The Morgan fingerprint density at radius 3 is 2.79 bits per heavy atom. The first kappa shape index (κ1) is 11.6. The summed E-state index contributed by atoms with van der Waals surface area (Å²) in [6.45, 7) is 1.15. The molecule has 96 valence electrons. The zero-order chi connectivity index (χ0) is 13.2. The van der Waals surface area contributed by atoms with E-state index in [0.29, 0.717) is 30.9 Å². The van der Waals surface area contributed by atoms with Crippen molar-refractivity contribution in [1.82, 2.24) is 14.9 Å². The standard InChI is InChI=1S/C14H14N4O/c15-13-11-6-7-18(8-12(11)16-9-17-13)14(19)10-4-2-1-3-5-10/h1-5,9H,6-8H2,(H2,15,16,17). The summed E-state index contributed by atoms with van der Waals surface area (Å²) in [6, 6.07) is 9.28. The lowest BCUT2D eigenvalue weighted by Crippen LogP contribution is -2.36. The first-order valence-corrected chi connectivity index (χ1v) is 6.18. The summed E-state index contributed by atoms with van der Waals surface area (Å²) < 4.78 is 0. The number of carbonyl (C=O) groups excluding carboxylic acids is 1.